The number of hydrogen-bond donors (Lipinski definition) is 1. The van der Waals surface area contributed by atoms with Gasteiger partial charge in [-0.25, -0.2) is 0 Å². The van der Waals surface area contributed by atoms with E-state index in [0.717, 1.165) is 62.0 Å². The molecule has 1 N–H and O–H groups in total. The van der Waals surface area contributed by atoms with Crippen LogP contribution >= 0.6 is 11.6 Å². The largest absolute Gasteiger partial charge is 0.489 e. The molecule has 0 spiro atoms. The highest BCUT2D eigenvalue weighted by Crippen LogP contribution is 2.57. The first-order valence-electron chi connectivity index (χ1n) is 9.10. The molecule has 0 unspecified atom stereocenters. The van der Waals surface area contributed by atoms with Crippen LogP contribution in [0.4, 0.5) is 0 Å². The number of aliphatic carboxylic acids is 1. The average molecular weight is 365 g/mol. The second kappa shape index (κ2) is 5.54. The summed E-state index contributed by atoms with van der Waals surface area (Å²) in [6.07, 6.45) is 5.90. The third-order valence-corrected chi connectivity index (χ3v) is 6.70. The van der Waals surface area contributed by atoms with E-state index in [1.165, 1.54) is 0 Å². The fraction of sp³-hybridized carbons (Fsp3) is 0.650. The van der Waals surface area contributed by atoms with E-state index >= 15 is 0 Å². The molecule has 0 aromatic heterocycles. The molecule has 25 heavy (non-hydrogen) atoms. The molecule has 0 radical (unpaired) electrons. The molecule has 5 heteroatoms. The zero-order valence-electron chi connectivity index (χ0n) is 14.9. The lowest BCUT2D eigenvalue weighted by Crippen LogP contribution is -2.48. The van der Waals surface area contributed by atoms with Crippen molar-refractivity contribution >= 4 is 17.6 Å². The predicted octanol–water partition coefficient (Wildman–Crippen LogP) is 4.86. The molecule has 3 aliphatic carbocycles. The van der Waals surface area contributed by atoms with Gasteiger partial charge in [-0.3, -0.25) is 4.79 Å². The number of hydrogen-bond acceptors (Lipinski definition) is 3. The van der Waals surface area contributed by atoms with Gasteiger partial charge in [0.05, 0.1) is 12.0 Å². The summed E-state index contributed by atoms with van der Waals surface area (Å²) in [5.41, 5.74) is 0.481. The fourth-order valence-corrected chi connectivity index (χ4v) is 5.01. The number of halogens is 1. The number of benzene rings is 1. The van der Waals surface area contributed by atoms with Gasteiger partial charge >= 0.3 is 5.97 Å². The second-order valence-corrected chi connectivity index (χ2v) is 9.24. The van der Waals surface area contributed by atoms with E-state index in [2.05, 4.69) is 13.8 Å². The number of ether oxygens (including phenoxy) is 2. The maximum absolute atomic E-state index is 11.6. The number of rotatable bonds is 4. The first-order chi connectivity index (χ1) is 11.7. The van der Waals surface area contributed by atoms with Crippen molar-refractivity contribution in [2.24, 2.45) is 10.8 Å². The summed E-state index contributed by atoms with van der Waals surface area (Å²) in [6.45, 7) is 4.74. The van der Waals surface area contributed by atoms with Crippen LogP contribution in [0.3, 0.4) is 0 Å². The van der Waals surface area contributed by atoms with E-state index in [1.807, 2.05) is 12.1 Å². The highest BCUT2D eigenvalue weighted by atomic mass is 35.5. The topological polar surface area (TPSA) is 55.8 Å². The smallest absolute Gasteiger partial charge is 0.309 e. The van der Waals surface area contributed by atoms with Crippen LogP contribution in [-0.2, 0) is 11.2 Å². The maximum atomic E-state index is 11.6. The maximum Gasteiger partial charge on any atom is 0.309 e. The fourth-order valence-electron chi connectivity index (χ4n) is 4.78. The van der Waals surface area contributed by atoms with Crippen molar-refractivity contribution < 1.29 is 19.4 Å². The van der Waals surface area contributed by atoms with Gasteiger partial charge in [-0.15, -0.1) is 0 Å². The molecule has 5 rings (SSSR count). The molecule has 2 bridgehead atoms. The van der Waals surface area contributed by atoms with E-state index in [4.69, 9.17) is 21.1 Å². The van der Waals surface area contributed by atoms with E-state index in [0.29, 0.717) is 11.6 Å². The molecule has 1 aromatic carbocycles. The lowest BCUT2D eigenvalue weighted by atomic mass is 9.54. The quantitative estimate of drug-likeness (QED) is 0.829. The monoisotopic (exact) mass is 364 g/mol. The van der Waals surface area contributed by atoms with Gasteiger partial charge < -0.3 is 14.6 Å². The molecule has 3 fully saturated rings. The van der Waals surface area contributed by atoms with Crippen molar-refractivity contribution in [1.82, 2.24) is 0 Å². The molecule has 1 aliphatic heterocycles. The van der Waals surface area contributed by atoms with Crippen molar-refractivity contribution in [1.29, 1.82) is 0 Å². The molecule has 1 heterocycles. The summed E-state index contributed by atoms with van der Waals surface area (Å²) in [5.74, 6) is 0.922. The van der Waals surface area contributed by atoms with Gasteiger partial charge in [-0.2, -0.15) is 0 Å². The Hall–Kier alpha value is -1.42. The van der Waals surface area contributed by atoms with Crippen LogP contribution in [0.2, 0.25) is 5.02 Å². The highest BCUT2D eigenvalue weighted by Gasteiger charge is 2.53. The van der Waals surface area contributed by atoms with Gasteiger partial charge in [0.2, 0.25) is 0 Å². The number of carboxylic acids is 1. The molecular weight excluding hydrogens is 340 g/mol. The van der Waals surface area contributed by atoms with Gasteiger partial charge in [0.15, 0.2) is 11.5 Å². The van der Waals surface area contributed by atoms with E-state index in [-0.39, 0.29) is 11.0 Å². The molecule has 136 valence electrons. The van der Waals surface area contributed by atoms with Crippen molar-refractivity contribution in [3.05, 3.63) is 22.7 Å². The Morgan fingerprint density at radius 1 is 1.20 bits per heavy atom. The normalized spacial score (nSPS) is 32.1. The summed E-state index contributed by atoms with van der Waals surface area (Å²) in [7, 11) is 0. The zero-order valence-corrected chi connectivity index (χ0v) is 15.6. The summed E-state index contributed by atoms with van der Waals surface area (Å²) >= 11 is 6.27. The van der Waals surface area contributed by atoms with Gasteiger partial charge in [-0.1, -0.05) is 11.6 Å². The molecule has 4 nitrogen and oxygen atoms in total. The van der Waals surface area contributed by atoms with Crippen LogP contribution in [0, 0.1) is 10.8 Å². The van der Waals surface area contributed by atoms with Gasteiger partial charge in [0.1, 0.15) is 5.60 Å². The minimum absolute atomic E-state index is 0.0977. The number of carboxylic acid groups (broad SMARTS) is 1. The van der Waals surface area contributed by atoms with Crippen LogP contribution in [0.1, 0.15) is 57.9 Å². The average Bonchev–Trinajstić information content (AvgIpc) is 2.88. The second-order valence-electron chi connectivity index (χ2n) is 8.80. The summed E-state index contributed by atoms with van der Waals surface area (Å²) in [4.78, 5) is 11.6. The Balaban J connectivity index is 1.50. The number of carbonyl (C=O) groups is 1. The Morgan fingerprint density at radius 2 is 1.84 bits per heavy atom. The lowest BCUT2D eigenvalue weighted by Gasteiger charge is -2.51. The molecule has 0 atom stereocenters. The van der Waals surface area contributed by atoms with Crippen molar-refractivity contribution in [2.75, 3.05) is 6.61 Å². The van der Waals surface area contributed by atoms with Gasteiger partial charge in [0.25, 0.3) is 0 Å². The van der Waals surface area contributed by atoms with E-state index < -0.39 is 11.4 Å². The van der Waals surface area contributed by atoms with Crippen LogP contribution in [0.5, 0.6) is 11.5 Å². The standard InChI is InChI=1S/C20H25ClO4/c1-18(2)11-13-9-14(21)10-15(16(13)25-18)24-12-19-3-6-20(7-4-19,8-5-19)17(22)23/h9-10H,3-8,11-12H2,1-2H3,(H,22,23). The van der Waals surface area contributed by atoms with Gasteiger partial charge in [0, 0.05) is 28.5 Å². The highest BCUT2D eigenvalue weighted by molar-refractivity contribution is 6.30. The Kier molecular flexibility index (Phi) is 3.77. The van der Waals surface area contributed by atoms with Crippen molar-refractivity contribution in [3.63, 3.8) is 0 Å². The van der Waals surface area contributed by atoms with Crippen molar-refractivity contribution in [2.45, 2.75) is 64.4 Å². The van der Waals surface area contributed by atoms with Crippen molar-refractivity contribution in [3.8, 4) is 11.5 Å². The SMILES string of the molecule is CC1(C)Cc2cc(Cl)cc(OCC34CCC(C(=O)O)(CC3)CC4)c2O1. The van der Waals surface area contributed by atoms with Crippen LogP contribution in [0.25, 0.3) is 0 Å². The molecule has 3 saturated carbocycles. The summed E-state index contributed by atoms with van der Waals surface area (Å²) in [5, 5.41) is 10.2. The van der Waals surface area contributed by atoms with Crippen LogP contribution < -0.4 is 9.47 Å². The Labute approximate surface area is 153 Å². The van der Waals surface area contributed by atoms with E-state index in [1.54, 1.807) is 0 Å². The minimum atomic E-state index is -0.620. The van der Waals surface area contributed by atoms with E-state index in [9.17, 15) is 9.90 Å². The molecule has 1 aromatic rings. The lowest BCUT2D eigenvalue weighted by molar-refractivity contribution is -0.160. The number of fused-ring (bicyclic) bond motifs is 4. The first-order valence-corrected chi connectivity index (χ1v) is 9.48. The summed E-state index contributed by atoms with van der Waals surface area (Å²) in [6, 6.07) is 3.80. The molecule has 0 amide bonds. The first kappa shape index (κ1) is 17.0. The third-order valence-electron chi connectivity index (χ3n) is 6.48. The Morgan fingerprint density at radius 3 is 2.44 bits per heavy atom. The zero-order chi connectivity index (χ0) is 17.9. The Bertz CT molecular complexity index is 700. The molecular formula is C20H25ClO4. The molecule has 4 aliphatic rings. The molecule has 0 saturated heterocycles. The van der Waals surface area contributed by atoms with Crippen LogP contribution in [-0.4, -0.2) is 23.3 Å². The van der Waals surface area contributed by atoms with Gasteiger partial charge in [-0.05, 0) is 58.4 Å². The predicted molar refractivity (Wildman–Crippen MR) is 95.6 cm³/mol. The van der Waals surface area contributed by atoms with Crippen LogP contribution in [0.15, 0.2) is 12.1 Å². The third kappa shape index (κ3) is 2.88. The summed E-state index contributed by atoms with van der Waals surface area (Å²) < 4.78 is 12.3. The minimum Gasteiger partial charge on any atom is -0.489 e.